The molecule has 1 aromatic carbocycles. The van der Waals surface area contributed by atoms with Gasteiger partial charge in [-0.3, -0.25) is 4.79 Å². The van der Waals surface area contributed by atoms with Gasteiger partial charge >= 0.3 is 6.03 Å². The number of fused-ring (bicyclic) bond motifs is 1. The molecule has 7 heteroatoms. The minimum atomic E-state index is -0.401. The van der Waals surface area contributed by atoms with Gasteiger partial charge in [0, 0.05) is 51.6 Å². The van der Waals surface area contributed by atoms with Crippen molar-refractivity contribution in [1.29, 1.82) is 0 Å². The summed E-state index contributed by atoms with van der Waals surface area (Å²) < 4.78 is 0. The summed E-state index contributed by atoms with van der Waals surface area (Å²) in [5, 5.41) is 18.4. The Balaban J connectivity index is 1.35. The summed E-state index contributed by atoms with van der Waals surface area (Å²) in [5.74, 6) is -0.0460. The third-order valence-electron chi connectivity index (χ3n) is 4.91. The zero-order chi connectivity index (χ0) is 17.6. The zero-order valence-electron chi connectivity index (χ0n) is 14.3. The molecule has 0 aliphatic carbocycles. The molecule has 0 bridgehead atoms. The lowest BCUT2D eigenvalue weighted by molar-refractivity contribution is -0.121. The topological polar surface area (TPSA) is 93.7 Å². The van der Waals surface area contributed by atoms with Crippen LogP contribution in [0, 0.1) is 5.92 Å². The molecule has 1 aromatic rings. The van der Waals surface area contributed by atoms with Crippen molar-refractivity contribution in [1.82, 2.24) is 20.9 Å². The van der Waals surface area contributed by atoms with E-state index in [0.717, 1.165) is 6.42 Å². The molecule has 3 rings (SSSR count). The monoisotopic (exact) mass is 346 g/mol. The molecule has 0 saturated carbocycles. The van der Waals surface area contributed by atoms with Crippen LogP contribution in [0.15, 0.2) is 24.3 Å². The summed E-state index contributed by atoms with van der Waals surface area (Å²) in [5.41, 5.74) is 2.49. The van der Waals surface area contributed by atoms with Crippen LogP contribution >= 0.6 is 0 Å². The van der Waals surface area contributed by atoms with E-state index in [4.69, 9.17) is 0 Å². The van der Waals surface area contributed by atoms with Crippen molar-refractivity contribution in [2.75, 3.05) is 32.7 Å². The number of aliphatic hydroxyl groups is 1. The number of benzene rings is 1. The van der Waals surface area contributed by atoms with Crippen molar-refractivity contribution >= 4 is 11.9 Å². The Hall–Kier alpha value is -2.12. The van der Waals surface area contributed by atoms with E-state index in [-0.39, 0.29) is 24.3 Å². The largest absolute Gasteiger partial charge is 0.391 e. The van der Waals surface area contributed by atoms with Gasteiger partial charge in [0.15, 0.2) is 0 Å². The zero-order valence-corrected chi connectivity index (χ0v) is 14.3. The summed E-state index contributed by atoms with van der Waals surface area (Å²) in [6.07, 6.45) is 0.704. The highest BCUT2D eigenvalue weighted by molar-refractivity contribution is 5.78. The van der Waals surface area contributed by atoms with Crippen molar-refractivity contribution in [2.45, 2.75) is 25.5 Å². The lowest BCUT2D eigenvalue weighted by Gasteiger charge is -2.28. The molecule has 0 radical (unpaired) electrons. The Kier molecular flexibility index (Phi) is 5.88. The predicted molar refractivity (Wildman–Crippen MR) is 93.9 cm³/mol. The fourth-order valence-corrected chi connectivity index (χ4v) is 3.32. The molecule has 136 valence electrons. The van der Waals surface area contributed by atoms with Crippen LogP contribution in [-0.4, -0.2) is 60.8 Å². The fraction of sp³-hybridized carbons (Fsp3) is 0.556. The van der Waals surface area contributed by atoms with E-state index in [0.29, 0.717) is 39.3 Å². The molecule has 2 aliphatic rings. The average molecular weight is 346 g/mol. The number of nitrogens with zero attached hydrogens (tertiary/aromatic N) is 1. The predicted octanol–water partition coefficient (Wildman–Crippen LogP) is -0.159. The summed E-state index contributed by atoms with van der Waals surface area (Å²) in [6, 6.07) is 8.04. The first kappa shape index (κ1) is 17.7. The second-order valence-corrected chi connectivity index (χ2v) is 6.71. The Bertz CT molecular complexity index is 622. The van der Waals surface area contributed by atoms with E-state index < -0.39 is 6.10 Å². The number of carbonyl (C=O) groups is 2. The normalized spacial score (nSPS) is 22.4. The van der Waals surface area contributed by atoms with Crippen LogP contribution in [0.5, 0.6) is 0 Å². The number of hydrogen-bond acceptors (Lipinski definition) is 4. The minimum Gasteiger partial charge on any atom is -0.391 e. The molecule has 4 N–H and O–H groups in total. The van der Waals surface area contributed by atoms with Crippen LogP contribution in [0.25, 0.3) is 0 Å². The summed E-state index contributed by atoms with van der Waals surface area (Å²) in [7, 11) is 0. The highest BCUT2D eigenvalue weighted by Gasteiger charge is 2.25. The average Bonchev–Trinajstić information content (AvgIpc) is 3.04. The van der Waals surface area contributed by atoms with Crippen LogP contribution in [0.4, 0.5) is 4.79 Å². The SMILES string of the molecule is O=C(CCNC(=O)N1CCc2ccccc2C1)NCC1CNCC1O. The van der Waals surface area contributed by atoms with Gasteiger partial charge in [-0.25, -0.2) is 4.79 Å². The second-order valence-electron chi connectivity index (χ2n) is 6.71. The Labute approximate surface area is 147 Å². The number of aliphatic hydroxyl groups excluding tert-OH is 1. The number of hydrogen-bond donors (Lipinski definition) is 4. The van der Waals surface area contributed by atoms with Crippen LogP contribution < -0.4 is 16.0 Å². The molecule has 25 heavy (non-hydrogen) atoms. The Morgan fingerprint density at radius 1 is 1.20 bits per heavy atom. The molecule has 2 aliphatic heterocycles. The van der Waals surface area contributed by atoms with Crippen LogP contribution in [0.3, 0.4) is 0 Å². The maximum Gasteiger partial charge on any atom is 0.317 e. The van der Waals surface area contributed by atoms with E-state index in [1.54, 1.807) is 4.90 Å². The summed E-state index contributed by atoms with van der Waals surface area (Å²) in [4.78, 5) is 25.9. The third-order valence-corrected chi connectivity index (χ3v) is 4.91. The van der Waals surface area contributed by atoms with Crippen LogP contribution in [0.1, 0.15) is 17.5 Å². The van der Waals surface area contributed by atoms with Gasteiger partial charge in [0.2, 0.25) is 5.91 Å². The molecule has 1 saturated heterocycles. The first-order valence-corrected chi connectivity index (χ1v) is 8.88. The van der Waals surface area contributed by atoms with E-state index in [1.165, 1.54) is 11.1 Å². The molecule has 3 amide bonds. The lowest BCUT2D eigenvalue weighted by Crippen LogP contribution is -2.44. The van der Waals surface area contributed by atoms with Crippen molar-refractivity contribution < 1.29 is 14.7 Å². The van der Waals surface area contributed by atoms with Crippen molar-refractivity contribution in [2.24, 2.45) is 5.92 Å². The Morgan fingerprint density at radius 2 is 2.00 bits per heavy atom. The van der Waals surface area contributed by atoms with E-state index in [2.05, 4.69) is 28.1 Å². The smallest absolute Gasteiger partial charge is 0.317 e. The highest BCUT2D eigenvalue weighted by Crippen LogP contribution is 2.18. The molecule has 0 aromatic heterocycles. The lowest BCUT2D eigenvalue weighted by atomic mass is 10.0. The molecular formula is C18H26N4O3. The third kappa shape index (κ3) is 4.70. The summed E-state index contributed by atoms with van der Waals surface area (Å²) in [6.45, 7) is 3.38. The van der Waals surface area contributed by atoms with E-state index >= 15 is 0 Å². The summed E-state index contributed by atoms with van der Waals surface area (Å²) >= 11 is 0. The number of β-amino-alcohol motifs (C(OH)–C–C–N with tert-alkyl or cyclic N) is 1. The molecule has 0 spiro atoms. The number of nitrogens with one attached hydrogen (secondary N) is 3. The van der Waals surface area contributed by atoms with Gasteiger partial charge in [-0.05, 0) is 17.5 Å². The van der Waals surface area contributed by atoms with E-state index in [9.17, 15) is 14.7 Å². The van der Waals surface area contributed by atoms with Gasteiger partial charge in [0.05, 0.1) is 6.10 Å². The van der Waals surface area contributed by atoms with Gasteiger partial charge in [-0.1, -0.05) is 24.3 Å². The van der Waals surface area contributed by atoms with Crippen molar-refractivity contribution in [3.63, 3.8) is 0 Å². The molecule has 2 heterocycles. The Morgan fingerprint density at radius 3 is 2.76 bits per heavy atom. The molecule has 7 nitrogen and oxygen atoms in total. The molecule has 1 fully saturated rings. The first-order valence-electron chi connectivity index (χ1n) is 8.88. The quantitative estimate of drug-likeness (QED) is 0.596. The fourth-order valence-electron chi connectivity index (χ4n) is 3.32. The first-order chi connectivity index (χ1) is 12.1. The van der Waals surface area contributed by atoms with Gasteiger partial charge in [0.25, 0.3) is 0 Å². The maximum atomic E-state index is 12.2. The molecule has 2 atom stereocenters. The van der Waals surface area contributed by atoms with Crippen molar-refractivity contribution in [3.8, 4) is 0 Å². The molecule has 2 unspecified atom stereocenters. The number of carbonyl (C=O) groups excluding carboxylic acids is 2. The number of amides is 3. The van der Waals surface area contributed by atoms with Gasteiger partial charge in [-0.15, -0.1) is 0 Å². The highest BCUT2D eigenvalue weighted by atomic mass is 16.3. The van der Waals surface area contributed by atoms with Gasteiger partial charge < -0.3 is 26.0 Å². The number of urea groups is 1. The molecular weight excluding hydrogens is 320 g/mol. The maximum absolute atomic E-state index is 12.2. The van der Waals surface area contributed by atoms with Crippen LogP contribution in [-0.2, 0) is 17.8 Å². The second kappa shape index (κ2) is 8.31. The minimum absolute atomic E-state index is 0.0620. The van der Waals surface area contributed by atoms with Crippen LogP contribution in [0.2, 0.25) is 0 Å². The standard InChI is InChI=1S/C18H26N4O3/c23-16-11-19-9-15(16)10-21-17(24)5-7-20-18(25)22-8-6-13-3-1-2-4-14(13)12-22/h1-4,15-16,19,23H,5-12H2,(H,20,25)(H,21,24). The van der Waals surface area contributed by atoms with Gasteiger partial charge in [0.1, 0.15) is 0 Å². The van der Waals surface area contributed by atoms with Crippen molar-refractivity contribution in [3.05, 3.63) is 35.4 Å². The number of rotatable bonds is 5. The van der Waals surface area contributed by atoms with Gasteiger partial charge in [-0.2, -0.15) is 0 Å². The van der Waals surface area contributed by atoms with E-state index in [1.807, 2.05) is 12.1 Å².